The first-order valence-electron chi connectivity index (χ1n) is 7.74. The fraction of sp³-hybridized carbons (Fsp3) is 0.222. The van der Waals surface area contributed by atoms with Crippen molar-refractivity contribution in [3.05, 3.63) is 64.1 Å². The average Bonchev–Trinajstić information content (AvgIpc) is 2.97. The van der Waals surface area contributed by atoms with Crippen LogP contribution in [0.25, 0.3) is 11.4 Å². The smallest absolute Gasteiger partial charge is 0.442 e. The molecule has 8 heteroatoms. The van der Waals surface area contributed by atoms with Gasteiger partial charge in [0, 0.05) is 5.56 Å². The van der Waals surface area contributed by atoms with E-state index in [1.165, 1.54) is 11.7 Å². The molecule has 0 radical (unpaired) electrons. The van der Waals surface area contributed by atoms with Crippen LogP contribution in [0, 0.1) is 6.92 Å². The molecule has 0 aliphatic rings. The number of hydrogen-bond acceptors (Lipinski definition) is 5. The molecule has 26 heavy (non-hydrogen) atoms. The van der Waals surface area contributed by atoms with Crippen LogP contribution >= 0.6 is 11.8 Å². The molecule has 2 aromatic carbocycles. The molecule has 136 valence electrons. The quantitative estimate of drug-likeness (QED) is 0.602. The maximum Gasteiger partial charge on any atom is 0.442 e. The molecular formula is C18H16F2N2O3S. The highest BCUT2D eigenvalue weighted by Crippen LogP contribution is 2.34. The molecule has 1 aromatic heterocycles. The van der Waals surface area contributed by atoms with Gasteiger partial charge in [-0.25, -0.2) is 4.79 Å². The molecule has 5 nitrogen and oxygen atoms in total. The number of rotatable bonds is 6. The maximum atomic E-state index is 12.6. The van der Waals surface area contributed by atoms with Gasteiger partial charge in [0.15, 0.2) is 5.82 Å². The van der Waals surface area contributed by atoms with E-state index in [2.05, 4.69) is 5.16 Å². The van der Waals surface area contributed by atoms with Gasteiger partial charge in [-0.2, -0.15) is 8.78 Å². The van der Waals surface area contributed by atoms with Crippen LogP contribution in [-0.4, -0.2) is 22.6 Å². The lowest BCUT2D eigenvalue weighted by molar-refractivity contribution is 0.251. The number of alkyl halides is 2. The summed E-state index contributed by atoms with van der Waals surface area (Å²) >= 11 is 0.414. The first-order chi connectivity index (χ1) is 12.5. The number of ether oxygens (including phenoxy) is 1. The summed E-state index contributed by atoms with van der Waals surface area (Å²) in [5.74, 6) is -2.39. The number of aromatic nitrogens is 2. The lowest BCUT2D eigenvalue weighted by atomic mass is 10.1. The minimum Gasteiger partial charge on any atom is -0.496 e. The van der Waals surface area contributed by atoms with Gasteiger partial charge in [0.1, 0.15) is 5.75 Å². The lowest BCUT2D eigenvalue weighted by Gasteiger charge is -2.11. The number of halogens is 2. The highest BCUT2D eigenvalue weighted by atomic mass is 32.2. The molecule has 0 spiro atoms. The standard InChI is InChI=1S/C18H16F2N2O3S/c1-11-5-3-4-6-13(11)16-21-25-18(23)22(16)10-12-7-8-15(26-17(19)20)14(9-12)24-2/h3-9,17H,10H2,1-2H3. The van der Waals surface area contributed by atoms with E-state index in [1.807, 2.05) is 31.2 Å². The van der Waals surface area contributed by atoms with Crippen molar-refractivity contribution in [2.75, 3.05) is 7.11 Å². The van der Waals surface area contributed by atoms with E-state index in [0.717, 1.165) is 11.1 Å². The Bertz CT molecular complexity index is 969. The Kier molecular flexibility index (Phi) is 5.41. The van der Waals surface area contributed by atoms with E-state index in [4.69, 9.17) is 9.26 Å². The predicted octanol–water partition coefficient (Wildman–Crippen LogP) is 4.18. The fourth-order valence-corrected chi connectivity index (χ4v) is 3.21. The van der Waals surface area contributed by atoms with Gasteiger partial charge in [-0.05, 0) is 30.2 Å². The molecule has 0 aliphatic heterocycles. The highest BCUT2D eigenvalue weighted by molar-refractivity contribution is 7.99. The van der Waals surface area contributed by atoms with Crippen molar-refractivity contribution in [3.63, 3.8) is 0 Å². The van der Waals surface area contributed by atoms with Gasteiger partial charge < -0.3 is 4.74 Å². The average molecular weight is 378 g/mol. The second-order valence-electron chi connectivity index (χ2n) is 5.54. The SMILES string of the molecule is COc1cc(Cn2c(-c3ccccc3C)noc2=O)ccc1SC(F)F. The van der Waals surface area contributed by atoms with Crippen molar-refractivity contribution in [1.29, 1.82) is 0 Å². The van der Waals surface area contributed by atoms with Crippen LogP contribution in [0.2, 0.25) is 0 Å². The summed E-state index contributed by atoms with van der Waals surface area (Å²) < 4.78 is 36.7. The van der Waals surface area contributed by atoms with Gasteiger partial charge in [-0.15, -0.1) is 0 Å². The summed E-state index contributed by atoms with van der Waals surface area (Å²) in [5, 5.41) is 3.88. The third-order valence-corrected chi connectivity index (χ3v) is 4.63. The van der Waals surface area contributed by atoms with E-state index in [-0.39, 0.29) is 6.54 Å². The van der Waals surface area contributed by atoms with Crippen LogP contribution in [0.4, 0.5) is 8.78 Å². The van der Waals surface area contributed by atoms with E-state index >= 15 is 0 Å². The Hall–Kier alpha value is -2.61. The maximum absolute atomic E-state index is 12.6. The summed E-state index contributed by atoms with van der Waals surface area (Å²) in [5.41, 5.74) is 2.45. The molecule has 0 saturated heterocycles. The van der Waals surface area contributed by atoms with Gasteiger partial charge in [-0.3, -0.25) is 9.09 Å². The van der Waals surface area contributed by atoms with Gasteiger partial charge in [-0.1, -0.05) is 47.3 Å². The minimum absolute atomic E-state index is 0.183. The number of aryl methyl sites for hydroxylation is 1. The molecule has 0 fully saturated rings. The van der Waals surface area contributed by atoms with E-state index in [0.29, 0.717) is 33.8 Å². The predicted molar refractivity (Wildman–Crippen MR) is 94.9 cm³/mol. The summed E-state index contributed by atoms with van der Waals surface area (Å²) in [6, 6.07) is 12.4. The van der Waals surface area contributed by atoms with Crippen LogP contribution < -0.4 is 10.5 Å². The molecule has 0 aliphatic carbocycles. The lowest BCUT2D eigenvalue weighted by Crippen LogP contribution is -2.16. The Labute approximate surface area is 152 Å². The molecule has 1 heterocycles. The van der Waals surface area contributed by atoms with Crippen molar-refractivity contribution >= 4 is 11.8 Å². The zero-order valence-corrected chi connectivity index (χ0v) is 14.9. The van der Waals surface area contributed by atoms with Crippen molar-refractivity contribution in [2.45, 2.75) is 24.1 Å². The number of nitrogens with zero attached hydrogens (tertiary/aromatic N) is 2. The van der Waals surface area contributed by atoms with Gasteiger partial charge in [0.25, 0.3) is 5.76 Å². The summed E-state index contributed by atoms with van der Waals surface area (Å²) in [7, 11) is 1.42. The number of thioether (sulfide) groups is 1. The van der Waals surface area contributed by atoms with E-state index in [1.54, 1.807) is 18.2 Å². The number of hydrogen-bond donors (Lipinski definition) is 0. The minimum atomic E-state index is -2.54. The van der Waals surface area contributed by atoms with Gasteiger partial charge in [0.2, 0.25) is 0 Å². The molecule has 0 unspecified atom stereocenters. The molecule has 3 aromatic rings. The van der Waals surface area contributed by atoms with Crippen LogP contribution in [0.1, 0.15) is 11.1 Å². The normalized spacial score (nSPS) is 11.1. The molecule has 0 N–H and O–H groups in total. The molecule has 0 atom stereocenters. The van der Waals surface area contributed by atoms with Crippen molar-refractivity contribution in [3.8, 4) is 17.1 Å². The second-order valence-corrected chi connectivity index (χ2v) is 6.57. The molecule has 0 saturated carbocycles. The second kappa shape index (κ2) is 7.74. The zero-order valence-electron chi connectivity index (χ0n) is 14.1. The van der Waals surface area contributed by atoms with Crippen LogP contribution in [0.5, 0.6) is 5.75 Å². The van der Waals surface area contributed by atoms with Crippen molar-refractivity contribution < 1.29 is 18.0 Å². The van der Waals surface area contributed by atoms with E-state index < -0.39 is 11.5 Å². The van der Waals surface area contributed by atoms with Gasteiger partial charge >= 0.3 is 5.76 Å². The topological polar surface area (TPSA) is 57.3 Å². The largest absolute Gasteiger partial charge is 0.496 e. The third-order valence-electron chi connectivity index (χ3n) is 3.86. The Morgan fingerprint density at radius 1 is 1.27 bits per heavy atom. The molecule has 0 amide bonds. The zero-order chi connectivity index (χ0) is 18.7. The fourth-order valence-electron chi connectivity index (χ4n) is 2.61. The highest BCUT2D eigenvalue weighted by Gasteiger charge is 2.16. The molecule has 0 bridgehead atoms. The number of benzene rings is 2. The summed E-state index contributed by atoms with van der Waals surface area (Å²) in [4.78, 5) is 12.4. The number of methoxy groups -OCH3 is 1. The van der Waals surface area contributed by atoms with Crippen molar-refractivity contribution in [1.82, 2.24) is 9.72 Å². The molecular weight excluding hydrogens is 362 g/mol. The van der Waals surface area contributed by atoms with E-state index in [9.17, 15) is 13.6 Å². The Morgan fingerprint density at radius 2 is 2.04 bits per heavy atom. The Balaban J connectivity index is 1.96. The van der Waals surface area contributed by atoms with Crippen LogP contribution in [-0.2, 0) is 6.54 Å². The first-order valence-corrected chi connectivity index (χ1v) is 8.62. The van der Waals surface area contributed by atoms with Crippen LogP contribution in [0.3, 0.4) is 0 Å². The first kappa shape index (κ1) is 18.2. The summed E-state index contributed by atoms with van der Waals surface area (Å²) in [6.07, 6.45) is 0. The molecule has 3 rings (SSSR count). The van der Waals surface area contributed by atoms with Crippen LogP contribution in [0.15, 0.2) is 56.7 Å². The third kappa shape index (κ3) is 3.80. The summed E-state index contributed by atoms with van der Waals surface area (Å²) in [6.45, 7) is 2.10. The monoisotopic (exact) mass is 378 g/mol. The van der Waals surface area contributed by atoms with Gasteiger partial charge in [0.05, 0.1) is 18.6 Å². The van der Waals surface area contributed by atoms with Crippen molar-refractivity contribution in [2.24, 2.45) is 0 Å². The Morgan fingerprint density at radius 3 is 2.73 bits per heavy atom.